The Morgan fingerprint density at radius 2 is 2.14 bits per heavy atom. The Bertz CT molecular complexity index is 652. The minimum absolute atomic E-state index is 0.0149. The highest BCUT2D eigenvalue weighted by molar-refractivity contribution is 5.60. The van der Waals surface area contributed by atoms with Gasteiger partial charge in [0.05, 0.1) is 4.92 Å². The largest absolute Gasteiger partial charge is 0.508 e. The highest BCUT2D eigenvalue weighted by Gasteiger charge is 2.24. The van der Waals surface area contributed by atoms with Crippen LogP contribution in [0.4, 0.5) is 11.5 Å². The van der Waals surface area contributed by atoms with Crippen LogP contribution >= 0.6 is 0 Å². The lowest BCUT2D eigenvalue weighted by atomic mass is 10.2. The SMILES string of the molecule is CCCn1nc(C)c([N+](=O)[O-])c1NCc1ccccc1O. The second kappa shape index (κ2) is 6.25. The quantitative estimate of drug-likeness (QED) is 0.630. The van der Waals surface area contributed by atoms with Crippen molar-refractivity contribution >= 4 is 11.5 Å². The number of nitro groups is 1. The molecule has 0 unspecified atom stereocenters. The van der Waals surface area contributed by atoms with Crippen molar-refractivity contribution in [2.24, 2.45) is 0 Å². The molecule has 0 aliphatic heterocycles. The van der Waals surface area contributed by atoms with Gasteiger partial charge in [-0.1, -0.05) is 25.1 Å². The molecule has 0 saturated heterocycles. The van der Waals surface area contributed by atoms with Gasteiger partial charge in [0.2, 0.25) is 5.82 Å². The molecule has 0 amide bonds. The normalized spacial score (nSPS) is 10.6. The molecule has 0 aliphatic carbocycles. The first-order valence-corrected chi connectivity index (χ1v) is 6.77. The number of para-hydroxylation sites is 1. The first-order valence-electron chi connectivity index (χ1n) is 6.77. The molecule has 7 heteroatoms. The van der Waals surface area contributed by atoms with Crippen LogP contribution in [-0.4, -0.2) is 19.8 Å². The molecule has 2 rings (SSSR count). The van der Waals surface area contributed by atoms with Crippen molar-refractivity contribution in [2.45, 2.75) is 33.4 Å². The maximum absolute atomic E-state index is 11.2. The molecular formula is C14H18N4O3. The van der Waals surface area contributed by atoms with Crippen LogP contribution in [0.3, 0.4) is 0 Å². The molecule has 112 valence electrons. The number of aromatic hydroxyl groups is 1. The summed E-state index contributed by atoms with van der Waals surface area (Å²) in [7, 11) is 0. The van der Waals surface area contributed by atoms with E-state index in [9.17, 15) is 15.2 Å². The molecule has 21 heavy (non-hydrogen) atoms. The fourth-order valence-corrected chi connectivity index (χ4v) is 2.18. The average molecular weight is 290 g/mol. The lowest BCUT2D eigenvalue weighted by Gasteiger charge is -2.09. The molecule has 1 heterocycles. The third kappa shape index (κ3) is 3.13. The van der Waals surface area contributed by atoms with Crippen molar-refractivity contribution in [3.05, 3.63) is 45.6 Å². The first kappa shape index (κ1) is 14.8. The maximum Gasteiger partial charge on any atom is 0.333 e. The average Bonchev–Trinajstić information content (AvgIpc) is 2.74. The predicted molar refractivity (Wildman–Crippen MR) is 79.3 cm³/mol. The Labute approximate surface area is 122 Å². The van der Waals surface area contributed by atoms with Crippen molar-refractivity contribution in [3.8, 4) is 5.75 Å². The second-order valence-electron chi connectivity index (χ2n) is 4.75. The summed E-state index contributed by atoms with van der Waals surface area (Å²) in [6.45, 7) is 4.49. The lowest BCUT2D eigenvalue weighted by Crippen LogP contribution is -2.09. The van der Waals surface area contributed by atoms with Crippen LogP contribution in [-0.2, 0) is 13.1 Å². The van der Waals surface area contributed by atoms with Gasteiger partial charge in [-0.2, -0.15) is 5.10 Å². The summed E-state index contributed by atoms with van der Waals surface area (Å²) >= 11 is 0. The molecule has 2 N–H and O–H groups in total. The maximum atomic E-state index is 11.2. The number of aromatic nitrogens is 2. The van der Waals surface area contributed by atoms with Gasteiger partial charge in [0, 0.05) is 18.7 Å². The molecule has 0 bridgehead atoms. The molecule has 0 radical (unpaired) electrons. The predicted octanol–water partition coefficient (Wildman–Crippen LogP) is 2.83. The molecule has 0 fully saturated rings. The minimum Gasteiger partial charge on any atom is -0.508 e. The molecule has 0 atom stereocenters. The van der Waals surface area contributed by atoms with Gasteiger partial charge in [0.25, 0.3) is 0 Å². The van der Waals surface area contributed by atoms with E-state index in [0.717, 1.165) is 6.42 Å². The number of nitrogens with one attached hydrogen (secondary N) is 1. The van der Waals surface area contributed by atoms with Gasteiger partial charge >= 0.3 is 5.69 Å². The fourth-order valence-electron chi connectivity index (χ4n) is 2.18. The summed E-state index contributed by atoms with van der Waals surface area (Å²) in [6.07, 6.45) is 0.823. The van der Waals surface area contributed by atoms with Crippen molar-refractivity contribution in [1.82, 2.24) is 9.78 Å². The van der Waals surface area contributed by atoms with E-state index in [1.54, 1.807) is 35.9 Å². The molecule has 2 aromatic rings. The summed E-state index contributed by atoms with van der Waals surface area (Å²) in [5.41, 5.74) is 1.04. The summed E-state index contributed by atoms with van der Waals surface area (Å²) in [5.74, 6) is 0.536. The second-order valence-corrected chi connectivity index (χ2v) is 4.75. The number of phenolic OH excluding ortho intramolecular Hbond substituents is 1. The highest BCUT2D eigenvalue weighted by Crippen LogP contribution is 2.29. The minimum atomic E-state index is -0.429. The molecule has 0 saturated carbocycles. The number of nitrogens with zero attached hydrogens (tertiary/aromatic N) is 3. The van der Waals surface area contributed by atoms with Gasteiger partial charge in [-0.05, 0) is 19.4 Å². The summed E-state index contributed by atoms with van der Waals surface area (Å²) in [4.78, 5) is 10.8. The molecular weight excluding hydrogens is 272 g/mol. The molecule has 0 spiro atoms. The zero-order valence-electron chi connectivity index (χ0n) is 12.0. The first-order chi connectivity index (χ1) is 10.0. The van der Waals surface area contributed by atoms with Crippen LogP contribution in [0.5, 0.6) is 5.75 Å². The number of anilines is 1. The lowest BCUT2D eigenvalue weighted by molar-refractivity contribution is -0.384. The topological polar surface area (TPSA) is 93.2 Å². The van der Waals surface area contributed by atoms with E-state index in [4.69, 9.17) is 0 Å². The molecule has 1 aromatic carbocycles. The van der Waals surface area contributed by atoms with Crippen LogP contribution < -0.4 is 5.32 Å². The number of hydrogen-bond acceptors (Lipinski definition) is 5. The zero-order valence-corrected chi connectivity index (χ0v) is 12.0. The van der Waals surface area contributed by atoms with Crippen LogP contribution in [0.1, 0.15) is 24.6 Å². The van der Waals surface area contributed by atoms with E-state index in [0.29, 0.717) is 30.2 Å². The Balaban J connectivity index is 2.29. The van der Waals surface area contributed by atoms with Gasteiger partial charge in [-0.3, -0.25) is 10.1 Å². The number of rotatable bonds is 6. The van der Waals surface area contributed by atoms with E-state index in [1.807, 2.05) is 6.92 Å². The third-order valence-electron chi connectivity index (χ3n) is 3.15. The van der Waals surface area contributed by atoms with E-state index < -0.39 is 4.92 Å². The van der Waals surface area contributed by atoms with Gasteiger partial charge in [-0.15, -0.1) is 0 Å². The standard InChI is InChI=1S/C14H18N4O3/c1-3-8-17-14(13(18(20)21)10(2)16-17)15-9-11-6-4-5-7-12(11)19/h4-7,15,19H,3,8-9H2,1-2H3. The molecule has 7 nitrogen and oxygen atoms in total. The van der Waals surface area contributed by atoms with E-state index in [-0.39, 0.29) is 11.4 Å². The van der Waals surface area contributed by atoms with Gasteiger partial charge in [0.15, 0.2) is 0 Å². The van der Waals surface area contributed by atoms with Crippen molar-refractivity contribution in [3.63, 3.8) is 0 Å². The highest BCUT2D eigenvalue weighted by atomic mass is 16.6. The molecule has 0 aliphatic rings. The fraction of sp³-hybridized carbons (Fsp3) is 0.357. The monoisotopic (exact) mass is 290 g/mol. The van der Waals surface area contributed by atoms with Crippen molar-refractivity contribution in [1.29, 1.82) is 0 Å². The Hall–Kier alpha value is -2.57. The van der Waals surface area contributed by atoms with Crippen molar-refractivity contribution in [2.75, 3.05) is 5.32 Å². The van der Waals surface area contributed by atoms with Crippen LogP contribution in [0, 0.1) is 17.0 Å². The van der Waals surface area contributed by atoms with E-state index in [2.05, 4.69) is 10.4 Å². The smallest absolute Gasteiger partial charge is 0.333 e. The molecule has 1 aromatic heterocycles. The van der Waals surface area contributed by atoms with E-state index in [1.165, 1.54) is 0 Å². The van der Waals surface area contributed by atoms with Crippen molar-refractivity contribution < 1.29 is 10.0 Å². The number of phenols is 1. The van der Waals surface area contributed by atoms with Crippen LogP contribution in [0.25, 0.3) is 0 Å². The van der Waals surface area contributed by atoms with Gasteiger partial charge < -0.3 is 10.4 Å². The third-order valence-corrected chi connectivity index (χ3v) is 3.15. The Morgan fingerprint density at radius 1 is 1.43 bits per heavy atom. The van der Waals surface area contributed by atoms with Gasteiger partial charge in [-0.25, -0.2) is 4.68 Å². The van der Waals surface area contributed by atoms with Gasteiger partial charge in [0.1, 0.15) is 11.4 Å². The van der Waals surface area contributed by atoms with Crippen LogP contribution in [0.15, 0.2) is 24.3 Å². The summed E-state index contributed by atoms with van der Waals surface area (Å²) < 4.78 is 1.60. The Kier molecular flexibility index (Phi) is 4.42. The number of benzene rings is 1. The summed E-state index contributed by atoms with van der Waals surface area (Å²) in [6, 6.07) is 6.88. The Morgan fingerprint density at radius 3 is 2.76 bits per heavy atom. The van der Waals surface area contributed by atoms with E-state index >= 15 is 0 Å². The number of aryl methyl sites for hydroxylation is 2. The van der Waals surface area contributed by atoms with Crippen LogP contribution in [0.2, 0.25) is 0 Å². The number of hydrogen-bond donors (Lipinski definition) is 2. The summed E-state index contributed by atoms with van der Waals surface area (Å²) in [5, 5.41) is 28.2. The zero-order chi connectivity index (χ0) is 15.4.